The maximum absolute atomic E-state index is 5.13. The lowest BCUT2D eigenvalue weighted by Crippen LogP contribution is -2.54. The first-order chi connectivity index (χ1) is 5.68. The molecule has 0 atom stereocenters. The lowest BCUT2D eigenvalue weighted by molar-refractivity contribution is 0.0714. The van der Waals surface area contributed by atoms with Crippen LogP contribution in [-0.2, 0) is 4.74 Å². The van der Waals surface area contributed by atoms with E-state index in [1.54, 1.807) is 7.11 Å². The lowest BCUT2D eigenvalue weighted by atomic mass is 9.73. The minimum atomic E-state index is 0.560. The second kappa shape index (κ2) is 4.24. The molecule has 0 aromatic rings. The minimum Gasteiger partial charge on any atom is -0.385 e. The number of methoxy groups -OCH3 is 1. The Kier molecular flexibility index (Phi) is 3.53. The van der Waals surface area contributed by atoms with E-state index in [4.69, 9.17) is 4.74 Å². The molecule has 0 aliphatic carbocycles. The van der Waals surface area contributed by atoms with Crippen molar-refractivity contribution in [1.29, 1.82) is 0 Å². The molecular weight excluding hydrogens is 150 g/mol. The van der Waals surface area contributed by atoms with Crippen LogP contribution in [0, 0.1) is 11.3 Å². The number of hydrogen-bond acceptors (Lipinski definition) is 2. The first-order valence-corrected chi connectivity index (χ1v) is 4.88. The average molecular weight is 171 g/mol. The maximum Gasteiger partial charge on any atom is 0.0468 e. The van der Waals surface area contributed by atoms with E-state index in [-0.39, 0.29) is 0 Å². The van der Waals surface area contributed by atoms with Crippen molar-refractivity contribution >= 4 is 0 Å². The molecule has 2 nitrogen and oxygen atoms in total. The molecule has 0 radical (unpaired) electrons. The third-order valence-electron chi connectivity index (χ3n) is 2.68. The molecule has 0 aromatic carbocycles. The van der Waals surface area contributed by atoms with Gasteiger partial charge in [0.05, 0.1) is 0 Å². The fourth-order valence-electron chi connectivity index (χ4n) is 2.09. The Morgan fingerprint density at radius 1 is 1.42 bits per heavy atom. The molecule has 1 aliphatic heterocycles. The molecule has 1 fully saturated rings. The van der Waals surface area contributed by atoms with Gasteiger partial charge < -0.3 is 10.1 Å². The van der Waals surface area contributed by atoms with Crippen molar-refractivity contribution in [2.75, 3.05) is 26.8 Å². The van der Waals surface area contributed by atoms with E-state index in [1.807, 2.05) is 0 Å². The first-order valence-electron chi connectivity index (χ1n) is 4.88. The van der Waals surface area contributed by atoms with Gasteiger partial charge in [0.25, 0.3) is 0 Å². The lowest BCUT2D eigenvalue weighted by Gasteiger charge is -2.44. The van der Waals surface area contributed by atoms with Crippen molar-refractivity contribution in [3.05, 3.63) is 0 Å². The van der Waals surface area contributed by atoms with Gasteiger partial charge in [-0.3, -0.25) is 0 Å². The molecule has 0 bridgehead atoms. The van der Waals surface area contributed by atoms with Crippen LogP contribution >= 0.6 is 0 Å². The molecule has 0 saturated carbocycles. The van der Waals surface area contributed by atoms with Crippen LogP contribution in [0.2, 0.25) is 0 Å². The maximum atomic E-state index is 5.13. The van der Waals surface area contributed by atoms with Crippen molar-refractivity contribution in [2.24, 2.45) is 11.3 Å². The molecule has 0 amide bonds. The van der Waals surface area contributed by atoms with E-state index in [1.165, 1.54) is 25.9 Å². The van der Waals surface area contributed by atoms with Crippen LogP contribution in [0.15, 0.2) is 0 Å². The molecule has 1 rings (SSSR count). The highest BCUT2D eigenvalue weighted by Crippen LogP contribution is 2.34. The van der Waals surface area contributed by atoms with E-state index < -0.39 is 0 Å². The minimum absolute atomic E-state index is 0.560. The number of nitrogens with one attached hydrogen (secondary N) is 1. The predicted molar refractivity (Wildman–Crippen MR) is 51.3 cm³/mol. The number of rotatable bonds is 5. The van der Waals surface area contributed by atoms with Gasteiger partial charge in [0, 0.05) is 26.8 Å². The summed E-state index contributed by atoms with van der Waals surface area (Å²) in [5, 5.41) is 3.36. The van der Waals surface area contributed by atoms with E-state index >= 15 is 0 Å². The van der Waals surface area contributed by atoms with Gasteiger partial charge in [-0.15, -0.1) is 0 Å². The summed E-state index contributed by atoms with van der Waals surface area (Å²) < 4.78 is 5.13. The van der Waals surface area contributed by atoms with Gasteiger partial charge in [0.15, 0.2) is 0 Å². The molecule has 0 spiro atoms. The smallest absolute Gasteiger partial charge is 0.0468 e. The molecular formula is C10H21NO. The van der Waals surface area contributed by atoms with E-state index in [9.17, 15) is 0 Å². The van der Waals surface area contributed by atoms with E-state index in [0.29, 0.717) is 5.41 Å². The summed E-state index contributed by atoms with van der Waals surface area (Å²) in [5.74, 6) is 0.809. The zero-order chi connectivity index (χ0) is 9.03. The molecule has 2 heteroatoms. The Morgan fingerprint density at radius 2 is 2.08 bits per heavy atom. The monoisotopic (exact) mass is 171 g/mol. The van der Waals surface area contributed by atoms with Crippen LogP contribution in [0.4, 0.5) is 0 Å². The average Bonchev–Trinajstić information content (AvgIpc) is 1.94. The van der Waals surface area contributed by atoms with Crippen LogP contribution in [0.1, 0.15) is 26.7 Å². The Labute approximate surface area is 75.7 Å². The summed E-state index contributed by atoms with van der Waals surface area (Å²) in [7, 11) is 1.79. The molecule has 1 saturated heterocycles. The molecule has 1 aliphatic rings. The van der Waals surface area contributed by atoms with Crippen LogP contribution in [-0.4, -0.2) is 26.8 Å². The van der Waals surface area contributed by atoms with Crippen LogP contribution in [0.25, 0.3) is 0 Å². The van der Waals surface area contributed by atoms with E-state index in [0.717, 1.165) is 12.5 Å². The van der Waals surface area contributed by atoms with Crippen molar-refractivity contribution in [2.45, 2.75) is 26.7 Å². The van der Waals surface area contributed by atoms with Crippen LogP contribution < -0.4 is 5.32 Å². The third kappa shape index (κ3) is 2.46. The Bertz CT molecular complexity index is 130. The second-order valence-electron chi connectivity index (χ2n) is 4.44. The van der Waals surface area contributed by atoms with Crippen molar-refractivity contribution < 1.29 is 4.74 Å². The Hall–Kier alpha value is -0.0800. The van der Waals surface area contributed by atoms with Crippen molar-refractivity contribution in [3.63, 3.8) is 0 Å². The fourth-order valence-corrected chi connectivity index (χ4v) is 2.09. The summed E-state index contributed by atoms with van der Waals surface area (Å²) in [5.41, 5.74) is 0.560. The highest BCUT2D eigenvalue weighted by molar-refractivity contribution is 4.92. The fraction of sp³-hybridized carbons (Fsp3) is 1.00. The molecule has 72 valence electrons. The Balaban J connectivity index is 2.29. The summed E-state index contributed by atoms with van der Waals surface area (Å²) in [6.45, 7) is 7.89. The van der Waals surface area contributed by atoms with Gasteiger partial charge in [0.2, 0.25) is 0 Å². The molecule has 0 unspecified atom stereocenters. The quantitative estimate of drug-likeness (QED) is 0.679. The van der Waals surface area contributed by atoms with E-state index in [2.05, 4.69) is 19.2 Å². The van der Waals surface area contributed by atoms with Crippen LogP contribution in [0.3, 0.4) is 0 Å². The highest BCUT2D eigenvalue weighted by Gasteiger charge is 2.36. The second-order valence-corrected chi connectivity index (χ2v) is 4.44. The van der Waals surface area contributed by atoms with Gasteiger partial charge in [-0.25, -0.2) is 0 Å². The van der Waals surface area contributed by atoms with Gasteiger partial charge in [-0.1, -0.05) is 13.8 Å². The SMILES string of the molecule is COCCC1(CC(C)C)CNC1. The van der Waals surface area contributed by atoms with Crippen molar-refractivity contribution in [1.82, 2.24) is 5.32 Å². The largest absolute Gasteiger partial charge is 0.385 e. The molecule has 1 N–H and O–H groups in total. The standard InChI is InChI=1S/C10H21NO/c1-9(2)6-10(4-5-12-3)7-11-8-10/h9,11H,4-8H2,1-3H3. The zero-order valence-electron chi connectivity index (χ0n) is 8.52. The van der Waals surface area contributed by atoms with Gasteiger partial charge in [0.1, 0.15) is 0 Å². The topological polar surface area (TPSA) is 21.3 Å². The molecule has 0 aromatic heterocycles. The molecule has 12 heavy (non-hydrogen) atoms. The highest BCUT2D eigenvalue weighted by atomic mass is 16.5. The van der Waals surface area contributed by atoms with Gasteiger partial charge in [-0.2, -0.15) is 0 Å². The molecule has 1 heterocycles. The number of hydrogen-bond donors (Lipinski definition) is 1. The Morgan fingerprint density at radius 3 is 2.42 bits per heavy atom. The summed E-state index contributed by atoms with van der Waals surface area (Å²) in [6.07, 6.45) is 2.55. The normalized spacial score (nSPS) is 21.0. The summed E-state index contributed by atoms with van der Waals surface area (Å²) in [6, 6.07) is 0. The summed E-state index contributed by atoms with van der Waals surface area (Å²) >= 11 is 0. The summed E-state index contributed by atoms with van der Waals surface area (Å²) in [4.78, 5) is 0. The van der Waals surface area contributed by atoms with Gasteiger partial charge in [-0.05, 0) is 24.2 Å². The van der Waals surface area contributed by atoms with Crippen LogP contribution in [0.5, 0.6) is 0 Å². The zero-order valence-corrected chi connectivity index (χ0v) is 8.52. The number of ether oxygens (including phenoxy) is 1. The van der Waals surface area contributed by atoms with Crippen molar-refractivity contribution in [3.8, 4) is 0 Å². The predicted octanol–water partition coefficient (Wildman–Crippen LogP) is 1.66. The third-order valence-corrected chi connectivity index (χ3v) is 2.68. The van der Waals surface area contributed by atoms with Gasteiger partial charge >= 0.3 is 0 Å². The first kappa shape index (κ1) is 10.0.